The lowest BCUT2D eigenvalue weighted by Gasteiger charge is -2.09. The van der Waals surface area contributed by atoms with Crippen LogP contribution in [0.4, 0.5) is 0 Å². The first-order valence-corrected chi connectivity index (χ1v) is 8.16. The molecule has 0 N–H and O–H groups in total. The van der Waals surface area contributed by atoms with Gasteiger partial charge in [0.15, 0.2) is 5.16 Å². The highest BCUT2D eigenvalue weighted by atomic mass is 32.2. The van der Waals surface area contributed by atoms with E-state index in [0.29, 0.717) is 17.1 Å². The summed E-state index contributed by atoms with van der Waals surface area (Å²) in [6.45, 7) is 0. The third kappa shape index (κ3) is 3.30. The first kappa shape index (κ1) is 16.2. The molecule has 0 amide bonds. The maximum atomic E-state index is 11.7. The van der Waals surface area contributed by atoms with Crippen LogP contribution in [0.1, 0.15) is 16.1 Å². The zero-order chi connectivity index (χ0) is 16.9. The van der Waals surface area contributed by atoms with E-state index in [0.717, 1.165) is 16.6 Å². The van der Waals surface area contributed by atoms with Crippen molar-refractivity contribution in [1.29, 1.82) is 0 Å². The van der Waals surface area contributed by atoms with Gasteiger partial charge in [0.1, 0.15) is 17.1 Å². The van der Waals surface area contributed by atoms with Gasteiger partial charge in [-0.15, -0.1) is 0 Å². The number of carbonyl (C=O) groups excluding carboxylic acids is 1. The maximum absolute atomic E-state index is 11.7. The number of furan rings is 1. The quantitative estimate of drug-likeness (QED) is 0.503. The maximum Gasteiger partial charge on any atom is 0.341 e. The first-order valence-electron chi connectivity index (χ1n) is 7.18. The summed E-state index contributed by atoms with van der Waals surface area (Å²) in [5, 5.41) is 0.787. The van der Waals surface area contributed by atoms with E-state index >= 15 is 0 Å². The second-order valence-corrected chi connectivity index (χ2v) is 5.76. The van der Waals surface area contributed by atoms with Crippen molar-refractivity contribution in [3.05, 3.63) is 60.3 Å². The van der Waals surface area contributed by atoms with Crippen molar-refractivity contribution < 1.29 is 18.7 Å². The second kappa shape index (κ2) is 7.27. The topological polar surface area (TPSA) is 66.5 Å². The predicted molar refractivity (Wildman–Crippen MR) is 89.7 cm³/mol. The molecule has 124 valence electrons. The molecule has 2 heterocycles. The number of aromatic nitrogens is 2. The van der Waals surface area contributed by atoms with Gasteiger partial charge in [0, 0.05) is 18.5 Å². The van der Waals surface area contributed by atoms with E-state index < -0.39 is 5.97 Å². The Kier molecular flexibility index (Phi) is 4.90. The van der Waals surface area contributed by atoms with E-state index in [9.17, 15) is 4.79 Å². The summed E-state index contributed by atoms with van der Waals surface area (Å²) in [4.78, 5) is 16.1. The number of imidazole rings is 1. The average Bonchev–Trinajstić information content (AvgIpc) is 3.28. The number of esters is 1. The van der Waals surface area contributed by atoms with E-state index in [-0.39, 0.29) is 0 Å². The van der Waals surface area contributed by atoms with Gasteiger partial charge in [0.05, 0.1) is 31.9 Å². The molecule has 0 bridgehead atoms. The van der Waals surface area contributed by atoms with Crippen LogP contribution >= 0.6 is 11.8 Å². The lowest BCUT2D eigenvalue weighted by atomic mass is 10.3. The van der Waals surface area contributed by atoms with Crippen molar-refractivity contribution in [2.24, 2.45) is 0 Å². The van der Waals surface area contributed by atoms with Gasteiger partial charge in [0.25, 0.3) is 0 Å². The largest absolute Gasteiger partial charge is 0.497 e. The number of carbonyl (C=O) groups is 1. The summed E-state index contributed by atoms with van der Waals surface area (Å²) in [5.74, 6) is 1.40. The van der Waals surface area contributed by atoms with Crippen molar-refractivity contribution in [2.45, 2.75) is 10.9 Å². The van der Waals surface area contributed by atoms with Gasteiger partial charge in [-0.2, -0.15) is 0 Å². The fourth-order valence-corrected chi connectivity index (χ4v) is 3.15. The van der Waals surface area contributed by atoms with Gasteiger partial charge in [-0.05, 0) is 18.2 Å². The Bertz CT molecular complexity index is 840. The normalized spacial score (nSPS) is 10.6. The SMILES string of the molecule is COC(=O)c1ccoc1CSc1nccn1-c1cccc(OC)c1. The number of methoxy groups -OCH3 is 2. The molecule has 3 aromatic rings. The molecule has 0 fully saturated rings. The molecular weight excluding hydrogens is 328 g/mol. The van der Waals surface area contributed by atoms with Gasteiger partial charge < -0.3 is 13.9 Å². The van der Waals surface area contributed by atoms with Crippen LogP contribution in [0.15, 0.2) is 58.6 Å². The van der Waals surface area contributed by atoms with E-state index in [1.165, 1.54) is 25.1 Å². The van der Waals surface area contributed by atoms with E-state index in [1.54, 1.807) is 19.4 Å². The monoisotopic (exact) mass is 344 g/mol. The molecule has 2 aromatic heterocycles. The fourth-order valence-electron chi connectivity index (χ4n) is 2.23. The Hall–Kier alpha value is -2.67. The first-order chi connectivity index (χ1) is 11.7. The van der Waals surface area contributed by atoms with Crippen molar-refractivity contribution in [3.63, 3.8) is 0 Å². The second-order valence-electron chi connectivity index (χ2n) is 4.82. The van der Waals surface area contributed by atoms with E-state index in [2.05, 4.69) is 4.98 Å². The third-order valence-electron chi connectivity index (χ3n) is 3.42. The third-order valence-corrected chi connectivity index (χ3v) is 4.39. The predicted octanol–water partition coefficient (Wildman–Crippen LogP) is 3.55. The molecule has 1 aromatic carbocycles. The van der Waals surface area contributed by atoms with Gasteiger partial charge in [-0.25, -0.2) is 9.78 Å². The van der Waals surface area contributed by atoms with Gasteiger partial charge >= 0.3 is 5.97 Å². The van der Waals surface area contributed by atoms with Crippen LogP contribution in [0.5, 0.6) is 5.75 Å². The number of thioether (sulfide) groups is 1. The minimum atomic E-state index is -0.407. The van der Waals surface area contributed by atoms with E-state index in [1.807, 2.05) is 35.0 Å². The van der Waals surface area contributed by atoms with Crippen LogP contribution in [0.2, 0.25) is 0 Å². The van der Waals surface area contributed by atoms with Gasteiger partial charge in [-0.3, -0.25) is 4.57 Å². The molecule has 6 nitrogen and oxygen atoms in total. The van der Waals surface area contributed by atoms with Crippen LogP contribution < -0.4 is 4.74 Å². The molecule has 0 radical (unpaired) electrons. The Labute approximate surface area is 143 Å². The number of ether oxygens (including phenoxy) is 2. The van der Waals surface area contributed by atoms with Crippen LogP contribution in [0, 0.1) is 0 Å². The van der Waals surface area contributed by atoms with E-state index in [4.69, 9.17) is 13.9 Å². The van der Waals surface area contributed by atoms with Gasteiger partial charge in [-0.1, -0.05) is 17.8 Å². The Morgan fingerprint density at radius 1 is 1.33 bits per heavy atom. The summed E-state index contributed by atoms with van der Waals surface area (Å²) >= 11 is 1.47. The molecule has 0 aliphatic carbocycles. The zero-order valence-electron chi connectivity index (χ0n) is 13.3. The van der Waals surface area contributed by atoms with Crippen molar-refractivity contribution in [1.82, 2.24) is 9.55 Å². The van der Waals surface area contributed by atoms with Crippen molar-refractivity contribution >= 4 is 17.7 Å². The molecule has 0 atom stereocenters. The molecule has 0 aliphatic rings. The molecule has 3 rings (SSSR count). The summed E-state index contributed by atoms with van der Waals surface area (Å²) in [6.07, 6.45) is 5.09. The smallest absolute Gasteiger partial charge is 0.341 e. The van der Waals surface area contributed by atoms with Gasteiger partial charge in [0.2, 0.25) is 0 Å². The summed E-state index contributed by atoms with van der Waals surface area (Å²) in [5.41, 5.74) is 1.38. The Morgan fingerprint density at radius 3 is 3.00 bits per heavy atom. The van der Waals surface area contributed by atoms with Crippen molar-refractivity contribution in [3.8, 4) is 11.4 Å². The molecule has 0 saturated heterocycles. The minimum Gasteiger partial charge on any atom is -0.497 e. The van der Waals surface area contributed by atoms with Crippen LogP contribution in [0.3, 0.4) is 0 Å². The minimum absolute atomic E-state index is 0.407. The number of hydrogen-bond acceptors (Lipinski definition) is 6. The zero-order valence-corrected chi connectivity index (χ0v) is 14.1. The Balaban J connectivity index is 1.79. The molecule has 7 heteroatoms. The lowest BCUT2D eigenvalue weighted by Crippen LogP contribution is -2.02. The lowest BCUT2D eigenvalue weighted by molar-refractivity contribution is 0.0598. The highest BCUT2D eigenvalue weighted by Crippen LogP contribution is 2.27. The number of hydrogen-bond donors (Lipinski definition) is 0. The highest BCUT2D eigenvalue weighted by Gasteiger charge is 2.16. The van der Waals surface area contributed by atoms with Crippen molar-refractivity contribution in [2.75, 3.05) is 14.2 Å². The number of benzene rings is 1. The molecule has 0 unspecified atom stereocenters. The summed E-state index contributed by atoms with van der Waals surface area (Å²) < 4.78 is 17.3. The molecule has 0 saturated carbocycles. The van der Waals surface area contributed by atoms with Crippen LogP contribution in [-0.4, -0.2) is 29.7 Å². The Morgan fingerprint density at radius 2 is 2.21 bits per heavy atom. The average molecular weight is 344 g/mol. The molecule has 0 aliphatic heterocycles. The number of nitrogens with zero attached hydrogens (tertiary/aromatic N) is 2. The molecule has 0 spiro atoms. The van der Waals surface area contributed by atoms with Crippen LogP contribution in [0.25, 0.3) is 5.69 Å². The standard InChI is InChI=1S/C17H16N2O4S/c1-21-13-5-3-4-12(10-13)19-8-7-18-17(19)24-11-15-14(6-9-23-15)16(20)22-2/h3-10H,11H2,1-2H3. The highest BCUT2D eigenvalue weighted by molar-refractivity contribution is 7.98. The summed E-state index contributed by atoms with van der Waals surface area (Å²) in [6, 6.07) is 9.32. The molecule has 24 heavy (non-hydrogen) atoms. The summed E-state index contributed by atoms with van der Waals surface area (Å²) in [7, 11) is 2.98. The molecular formula is C17H16N2O4S. The number of rotatable bonds is 6. The fraction of sp³-hybridized carbons (Fsp3) is 0.176. The van der Waals surface area contributed by atoms with Crippen LogP contribution in [-0.2, 0) is 10.5 Å².